The summed E-state index contributed by atoms with van der Waals surface area (Å²) in [6.07, 6.45) is 1.71. The van der Waals surface area contributed by atoms with E-state index in [1.54, 1.807) is 6.07 Å². The minimum Gasteiger partial charge on any atom is -0.491 e. The quantitative estimate of drug-likeness (QED) is 0.729. The number of nitrogens with zero attached hydrogens (tertiary/aromatic N) is 2. The molecule has 25 heavy (non-hydrogen) atoms. The van der Waals surface area contributed by atoms with Gasteiger partial charge in [0.2, 0.25) is 0 Å². The first-order valence-corrected chi connectivity index (χ1v) is 8.67. The molecule has 6 heteroatoms. The maximum absolute atomic E-state index is 11.0. The summed E-state index contributed by atoms with van der Waals surface area (Å²) in [5.41, 5.74) is 1.35. The number of aliphatic hydroxyl groups is 1. The third kappa shape index (κ3) is 5.99. The van der Waals surface area contributed by atoms with E-state index < -0.39 is 6.10 Å². The molecule has 0 fully saturated rings. The van der Waals surface area contributed by atoms with Crippen LogP contribution >= 0.6 is 0 Å². The van der Waals surface area contributed by atoms with E-state index in [4.69, 9.17) is 4.74 Å². The van der Waals surface area contributed by atoms with E-state index in [9.17, 15) is 9.90 Å². The second kappa shape index (κ2) is 9.34. The Morgan fingerprint density at radius 2 is 1.96 bits per heavy atom. The van der Waals surface area contributed by atoms with E-state index in [-0.39, 0.29) is 12.2 Å². The molecule has 0 spiro atoms. The molecule has 2 N–H and O–H groups in total. The second-order valence-corrected chi connectivity index (χ2v) is 6.37. The Kier molecular flexibility index (Phi) is 7.16. The highest BCUT2D eigenvalue weighted by atomic mass is 16.5. The van der Waals surface area contributed by atoms with Crippen LogP contribution in [-0.2, 0) is 0 Å². The Balaban J connectivity index is 1.85. The highest BCUT2D eigenvalue weighted by Crippen LogP contribution is 2.19. The molecule has 1 heterocycles. The van der Waals surface area contributed by atoms with Gasteiger partial charge in [-0.15, -0.1) is 0 Å². The summed E-state index contributed by atoms with van der Waals surface area (Å²) in [5, 5.41) is 16.6. The zero-order valence-electron chi connectivity index (χ0n) is 15.1. The van der Waals surface area contributed by atoms with Crippen LogP contribution in [0.1, 0.15) is 26.7 Å². The number of hydrogen-bond acceptors (Lipinski definition) is 5. The van der Waals surface area contributed by atoms with Crippen LogP contribution in [0.15, 0.2) is 41.2 Å². The Bertz CT molecular complexity index is 679. The van der Waals surface area contributed by atoms with Gasteiger partial charge in [-0.2, -0.15) is 5.10 Å². The van der Waals surface area contributed by atoms with Gasteiger partial charge < -0.3 is 14.7 Å². The number of ether oxygens (including phenoxy) is 1. The summed E-state index contributed by atoms with van der Waals surface area (Å²) in [4.78, 5) is 13.2. The number of aromatic nitrogens is 2. The molecule has 2 aromatic rings. The monoisotopic (exact) mass is 345 g/mol. The van der Waals surface area contributed by atoms with Gasteiger partial charge in [0.05, 0.1) is 5.69 Å². The molecule has 1 aromatic heterocycles. The second-order valence-electron chi connectivity index (χ2n) is 6.37. The minimum absolute atomic E-state index is 0.226. The lowest BCUT2D eigenvalue weighted by atomic mass is 10.1. The van der Waals surface area contributed by atoms with Gasteiger partial charge in [0.15, 0.2) is 0 Å². The van der Waals surface area contributed by atoms with E-state index >= 15 is 0 Å². The van der Waals surface area contributed by atoms with Gasteiger partial charge in [0.25, 0.3) is 5.56 Å². The Morgan fingerprint density at radius 3 is 2.56 bits per heavy atom. The third-order valence-corrected chi connectivity index (χ3v) is 4.23. The van der Waals surface area contributed by atoms with Crippen molar-refractivity contribution < 1.29 is 9.84 Å². The maximum Gasteiger partial charge on any atom is 0.264 e. The first-order valence-electron chi connectivity index (χ1n) is 8.67. The predicted molar refractivity (Wildman–Crippen MR) is 98.8 cm³/mol. The maximum atomic E-state index is 11.0. The summed E-state index contributed by atoms with van der Waals surface area (Å²) in [6, 6.07) is 11.0. The van der Waals surface area contributed by atoms with Crippen LogP contribution in [-0.4, -0.2) is 52.5 Å². The molecular weight excluding hydrogens is 318 g/mol. The molecule has 0 amide bonds. The number of hydrogen-bond donors (Lipinski definition) is 2. The van der Waals surface area contributed by atoms with Gasteiger partial charge in [-0.25, -0.2) is 5.10 Å². The van der Waals surface area contributed by atoms with Crippen molar-refractivity contribution in [1.82, 2.24) is 15.1 Å². The average Bonchev–Trinajstić information content (AvgIpc) is 2.61. The van der Waals surface area contributed by atoms with Gasteiger partial charge in [-0.1, -0.05) is 13.3 Å². The van der Waals surface area contributed by atoms with E-state index in [2.05, 4.69) is 28.9 Å². The van der Waals surface area contributed by atoms with Crippen molar-refractivity contribution >= 4 is 0 Å². The molecule has 2 atom stereocenters. The lowest BCUT2D eigenvalue weighted by molar-refractivity contribution is 0.0641. The zero-order chi connectivity index (χ0) is 18.2. The largest absolute Gasteiger partial charge is 0.491 e. The summed E-state index contributed by atoms with van der Waals surface area (Å²) >= 11 is 0. The minimum atomic E-state index is -0.537. The number of benzene rings is 1. The molecule has 0 aliphatic rings. The van der Waals surface area contributed by atoms with Crippen molar-refractivity contribution in [2.45, 2.75) is 38.8 Å². The predicted octanol–water partition coefficient (Wildman–Crippen LogP) is 2.30. The average molecular weight is 345 g/mol. The summed E-state index contributed by atoms with van der Waals surface area (Å²) in [7, 11) is 2.02. The van der Waals surface area contributed by atoms with Crippen molar-refractivity contribution in [2.24, 2.45) is 0 Å². The van der Waals surface area contributed by atoms with E-state index in [0.717, 1.165) is 18.4 Å². The fourth-order valence-corrected chi connectivity index (χ4v) is 2.62. The molecule has 0 unspecified atom stereocenters. The molecule has 6 nitrogen and oxygen atoms in total. The normalized spacial score (nSPS) is 13.6. The number of aromatic amines is 1. The molecule has 0 saturated carbocycles. The van der Waals surface area contributed by atoms with Gasteiger partial charge in [0.1, 0.15) is 18.5 Å². The Labute approximate surface area is 148 Å². The molecule has 136 valence electrons. The number of H-pyrrole nitrogens is 1. The van der Waals surface area contributed by atoms with E-state index in [1.807, 2.05) is 31.3 Å². The van der Waals surface area contributed by atoms with Crippen molar-refractivity contribution in [3.05, 3.63) is 46.8 Å². The smallest absolute Gasteiger partial charge is 0.264 e. The molecule has 2 rings (SSSR count). The van der Waals surface area contributed by atoms with Crippen molar-refractivity contribution in [3.63, 3.8) is 0 Å². The number of aliphatic hydroxyl groups excluding tert-OH is 1. The van der Waals surface area contributed by atoms with Gasteiger partial charge in [-0.3, -0.25) is 4.79 Å². The third-order valence-electron chi connectivity index (χ3n) is 4.23. The van der Waals surface area contributed by atoms with E-state index in [1.165, 1.54) is 6.07 Å². The van der Waals surface area contributed by atoms with Crippen LogP contribution in [0.5, 0.6) is 5.75 Å². The molecule has 0 aliphatic heterocycles. The van der Waals surface area contributed by atoms with E-state index in [0.29, 0.717) is 24.0 Å². The standard InChI is InChI=1S/C19H27N3O3/c1-4-5-14(2)22(3)12-16(23)13-25-17-8-6-15(7-9-17)18-10-11-19(24)21-20-18/h6-11,14,16,23H,4-5,12-13H2,1-3H3,(H,21,24)/t14-,16-/m1/s1. The Hall–Kier alpha value is -2.18. The van der Waals surface area contributed by atoms with Gasteiger partial charge >= 0.3 is 0 Å². The highest BCUT2D eigenvalue weighted by molar-refractivity contribution is 5.59. The summed E-state index contributed by atoms with van der Waals surface area (Å²) in [5.74, 6) is 0.691. The highest BCUT2D eigenvalue weighted by Gasteiger charge is 2.13. The molecule has 0 radical (unpaired) electrons. The Morgan fingerprint density at radius 1 is 1.24 bits per heavy atom. The molecule has 1 aromatic carbocycles. The van der Waals surface area contributed by atoms with Crippen LogP contribution in [0, 0.1) is 0 Å². The first kappa shape index (κ1) is 19.1. The van der Waals surface area contributed by atoms with Gasteiger partial charge in [-0.05, 0) is 50.7 Å². The SMILES string of the molecule is CCC[C@@H](C)N(C)C[C@@H](O)COc1ccc(-c2ccc(=O)[nH]n2)cc1. The number of likely N-dealkylation sites (N-methyl/N-ethyl adjacent to an activating group) is 1. The summed E-state index contributed by atoms with van der Waals surface area (Å²) < 4.78 is 5.66. The van der Waals surface area contributed by atoms with Crippen molar-refractivity contribution in [1.29, 1.82) is 0 Å². The number of rotatable bonds is 9. The molecular formula is C19H27N3O3. The topological polar surface area (TPSA) is 78.5 Å². The summed E-state index contributed by atoms with van der Waals surface area (Å²) in [6.45, 7) is 5.16. The van der Waals surface area contributed by atoms with Crippen molar-refractivity contribution in [2.75, 3.05) is 20.2 Å². The lowest BCUT2D eigenvalue weighted by Gasteiger charge is -2.26. The van der Waals surface area contributed by atoms with Crippen LogP contribution in [0.2, 0.25) is 0 Å². The molecule has 0 aliphatic carbocycles. The first-order chi connectivity index (χ1) is 12.0. The van der Waals surface area contributed by atoms with Crippen molar-refractivity contribution in [3.8, 4) is 17.0 Å². The number of nitrogens with one attached hydrogen (secondary N) is 1. The van der Waals surface area contributed by atoms with Gasteiger partial charge in [0, 0.05) is 24.2 Å². The van der Waals surface area contributed by atoms with Crippen LogP contribution < -0.4 is 10.3 Å². The van der Waals surface area contributed by atoms with Crippen LogP contribution in [0.3, 0.4) is 0 Å². The fourth-order valence-electron chi connectivity index (χ4n) is 2.62. The molecule has 0 saturated heterocycles. The fraction of sp³-hybridized carbons (Fsp3) is 0.474. The van der Waals surface area contributed by atoms with Crippen LogP contribution in [0.25, 0.3) is 11.3 Å². The molecule has 0 bridgehead atoms. The lowest BCUT2D eigenvalue weighted by Crippen LogP contribution is -2.38. The van der Waals surface area contributed by atoms with Crippen LogP contribution in [0.4, 0.5) is 0 Å². The zero-order valence-corrected chi connectivity index (χ0v) is 15.1.